The van der Waals surface area contributed by atoms with Crippen LogP contribution in [0.1, 0.15) is 32.2 Å². The van der Waals surface area contributed by atoms with Gasteiger partial charge in [0.1, 0.15) is 0 Å². The van der Waals surface area contributed by atoms with E-state index in [1.165, 1.54) is 11.3 Å². The van der Waals surface area contributed by atoms with Gasteiger partial charge in [-0.15, -0.1) is 11.3 Å². The first-order valence-electron chi connectivity index (χ1n) is 5.57. The zero-order chi connectivity index (χ0) is 12.6. The second kappa shape index (κ2) is 4.45. The van der Waals surface area contributed by atoms with Crippen LogP contribution >= 0.6 is 11.3 Å². The molecule has 0 unspecified atom stereocenters. The molecule has 0 fully saturated rings. The Morgan fingerprint density at radius 1 is 1.41 bits per heavy atom. The van der Waals surface area contributed by atoms with Crippen LogP contribution in [0.2, 0.25) is 0 Å². The number of carbonyl (C=O) groups is 1. The van der Waals surface area contributed by atoms with E-state index in [-0.39, 0.29) is 5.78 Å². The van der Waals surface area contributed by atoms with Gasteiger partial charge >= 0.3 is 0 Å². The van der Waals surface area contributed by atoms with Gasteiger partial charge in [-0.1, -0.05) is 0 Å². The average Bonchev–Trinajstić information content (AvgIpc) is 2.78. The molecule has 2 aromatic heterocycles. The monoisotopic (exact) mass is 248 g/mol. The van der Waals surface area contributed by atoms with Crippen LogP contribution in [0.4, 0.5) is 0 Å². The Labute approximate surface area is 105 Å². The summed E-state index contributed by atoms with van der Waals surface area (Å²) in [6.45, 7) is 5.94. The number of ketones is 1. The van der Waals surface area contributed by atoms with E-state index in [1.54, 1.807) is 0 Å². The third kappa shape index (κ3) is 2.17. The van der Waals surface area contributed by atoms with Gasteiger partial charge in [0.05, 0.1) is 10.6 Å². The Balaban J connectivity index is 2.28. The molecule has 2 heterocycles. The lowest BCUT2D eigenvalue weighted by molar-refractivity contribution is 0.0996. The number of hydrogen-bond acceptors (Lipinski definition) is 3. The summed E-state index contributed by atoms with van der Waals surface area (Å²) in [4.78, 5) is 13.1. The van der Waals surface area contributed by atoms with E-state index in [2.05, 4.69) is 5.10 Å². The first-order valence-corrected chi connectivity index (χ1v) is 6.45. The summed E-state index contributed by atoms with van der Waals surface area (Å²) in [5.41, 5.74) is 4.15. The molecule has 0 aliphatic heterocycles. The SMILES string of the molecule is Cc1ccsc1C(=O)Cc1c(C)nn(C)c1C. The molecule has 0 saturated carbocycles. The minimum atomic E-state index is 0.191. The van der Waals surface area contributed by atoms with Crippen LogP contribution in [0.25, 0.3) is 0 Å². The first-order chi connectivity index (χ1) is 8.00. The summed E-state index contributed by atoms with van der Waals surface area (Å²) < 4.78 is 1.83. The van der Waals surface area contributed by atoms with Gasteiger partial charge in [0, 0.05) is 24.7 Å². The number of thiophene rings is 1. The summed E-state index contributed by atoms with van der Waals surface area (Å²) in [5.74, 6) is 0.191. The maximum absolute atomic E-state index is 12.2. The number of aryl methyl sites for hydroxylation is 3. The summed E-state index contributed by atoms with van der Waals surface area (Å²) >= 11 is 1.52. The van der Waals surface area contributed by atoms with Gasteiger partial charge in [0.25, 0.3) is 0 Å². The fourth-order valence-corrected chi connectivity index (χ4v) is 2.84. The largest absolute Gasteiger partial charge is 0.293 e. The van der Waals surface area contributed by atoms with Crippen molar-refractivity contribution in [1.82, 2.24) is 9.78 Å². The van der Waals surface area contributed by atoms with Gasteiger partial charge in [-0.25, -0.2) is 0 Å². The Morgan fingerprint density at radius 3 is 2.59 bits per heavy atom. The lowest BCUT2D eigenvalue weighted by atomic mass is 10.0. The van der Waals surface area contributed by atoms with E-state index < -0.39 is 0 Å². The highest BCUT2D eigenvalue weighted by Gasteiger charge is 2.16. The van der Waals surface area contributed by atoms with Crippen molar-refractivity contribution in [3.63, 3.8) is 0 Å². The van der Waals surface area contributed by atoms with Crippen molar-refractivity contribution in [1.29, 1.82) is 0 Å². The molecule has 0 spiro atoms. The Morgan fingerprint density at radius 2 is 2.12 bits per heavy atom. The second-order valence-electron chi connectivity index (χ2n) is 4.31. The average molecular weight is 248 g/mol. The molecule has 3 nitrogen and oxygen atoms in total. The van der Waals surface area contributed by atoms with Gasteiger partial charge in [-0.05, 0) is 37.8 Å². The lowest BCUT2D eigenvalue weighted by Crippen LogP contribution is -2.05. The molecule has 0 atom stereocenters. The van der Waals surface area contributed by atoms with Crippen LogP contribution in [0.5, 0.6) is 0 Å². The van der Waals surface area contributed by atoms with E-state index >= 15 is 0 Å². The lowest BCUT2D eigenvalue weighted by Gasteiger charge is -2.01. The highest BCUT2D eigenvalue weighted by Crippen LogP contribution is 2.20. The molecule has 90 valence electrons. The van der Waals surface area contributed by atoms with Gasteiger partial charge in [0.15, 0.2) is 5.78 Å². The third-order valence-electron chi connectivity index (χ3n) is 3.11. The number of carbonyl (C=O) groups excluding carboxylic acids is 1. The zero-order valence-corrected chi connectivity index (χ0v) is 11.4. The molecule has 0 aromatic carbocycles. The molecule has 17 heavy (non-hydrogen) atoms. The van der Waals surface area contributed by atoms with Crippen LogP contribution in [-0.4, -0.2) is 15.6 Å². The van der Waals surface area contributed by atoms with Gasteiger partial charge in [-0.2, -0.15) is 5.10 Å². The highest BCUT2D eigenvalue weighted by atomic mass is 32.1. The standard InChI is InChI=1S/C13H16N2OS/c1-8-5-6-17-13(8)12(16)7-11-9(2)14-15(4)10(11)3/h5-6H,7H2,1-4H3. The van der Waals surface area contributed by atoms with Crippen molar-refractivity contribution >= 4 is 17.1 Å². The predicted molar refractivity (Wildman–Crippen MR) is 69.8 cm³/mol. The van der Waals surface area contributed by atoms with Gasteiger partial charge in [-0.3, -0.25) is 9.48 Å². The van der Waals surface area contributed by atoms with Crippen LogP contribution in [0.15, 0.2) is 11.4 Å². The number of nitrogens with zero attached hydrogens (tertiary/aromatic N) is 2. The number of Topliss-reactive ketones (excluding diaryl/α,β-unsaturated/α-hetero) is 1. The smallest absolute Gasteiger partial charge is 0.177 e. The molecule has 2 aromatic rings. The number of rotatable bonds is 3. The van der Waals surface area contributed by atoms with E-state index in [0.717, 1.165) is 27.4 Å². The first kappa shape index (κ1) is 12.0. The van der Waals surface area contributed by atoms with Crippen LogP contribution < -0.4 is 0 Å². The fourth-order valence-electron chi connectivity index (χ4n) is 1.97. The molecular formula is C13H16N2OS. The normalized spacial score (nSPS) is 10.8. The molecule has 4 heteroatoms. The predicted octanol–water partition coefficient (Wildman–Crippen LogP) is 2.83. The molecule has 0 amide bonds. The number of aromatic nitrogens is 2. The Kier molecular flexibility index (Phi) is 3.15. The quantitative estimate of drug-likeness (QED) is 0.783. The second-order valence-corrected chi connectivity index (χ2v) is 5.22. The minimum absolute atomic E-state index is 0.191. The van der Waals surface area contributed by atoms with Crippen molar-refractivity contribution in [3.8, 4) is 0 Å². The molecule has 0 aliphatic carbocycles. The summed E-state index contributed by atoms with van der Waals surface area (Å²) in [5, 5.41) is 6.30. The third-order valence-corrected chi connectivity index (χ3v) is 4.17. The molecule has 0 radical (unpaired) electrons. The summed E-state index contributed by atoms with van der Waals surface area (Å²) in [6, 6.07) is 1.99. The van der Waals surface area contributed by atoms with E-state index in [4.69, 9.17) is 0 Å². The maximum Gasteiger partial charge on any atom is 0.177 e. The summed E-state index contributed by atoms with van der Waals surface area (Å²) in [6.07, 6.45) is 0.451. The van der Waals surface area contributed by atoms with Crippen LogP contribution in [-0.2, 0) is 13.5 Å². The van der Waals surface area contributed by atoms with Gasteiger partial charge in [0.2, 0.25) is 0 Å². The van der Waals surface area contributed by atoms with Crippen molar-refractivity contribution in [2.75, 3.05) is 0 Å². The van der Waals surface area contributed by atoms with Crippen molar-refractivity contribution in [2.24, 2.45) is 7.05 Å². The van der Waals surface area contributed by atoms with E-state index in [9.17, 15) is 4.79 Å². The molecular weight excluding hydrogens is 232 g/mol. The van der Waals surface area contributed by atoms with E-state index in [1.807, 2.05) is 43.9 Å². The van der Waals surface area contributed by atoms with Crippen LogP contribution in [0.3, 0.4) is 0 Å². The number of hydrogen-bond donors (Lipinski definition) is 0. The maximum atomic E-state index is 12.2. The van der Waals surface area contributed by atoms with Crippen molar-refractivity contribution in [2.45, 2.75) is 27.2 Å². The fraction of sp³-hybridized carbons (Fsp3) is 0.385. The van der Waals surface area contributed by atoms with E-state index in [0.29, 0.717) is 6.42 Å². The van der Waals surface area contributed by atoms with Gasteiger partial charge < -0.3 is 0 Å². The molecule has 0 N–H and O–H groups in total. The molecule has 2 rings (SSSR count). The molecule has 0 bridgehead atoms. The molecule has 0 aliphatic rings. The van der Waals surface area contributed by atoms with Crippen molar-refractivity contribution in [3.05, 3.63) is 38.8 Å². The topological polar surface area (TPSA) is 34.9 Å². The molecule has 0 saturated heterocycles. The Bertz CT molecular complexity index is 566. The van der Waals surface area contributed by atoms with Crippen LogP contribution in [0, 0.1) is 20.8 Å². The summed E-state index contributed by atoms with van der Waals surface area (Å²) in [7, 11) is 1.91. The minimum Gasteiger partial charge on any atom is -0.293 e. The highest BCUT2D eigenvalue weighted by molar-refractivity contribution is 7.12. The Hall–Kier alpha value is -1.42. The zero-order valence-electron chi connectivity index (χ0n) is 10.6. The van der Waals surface area contributed by atoms with Crippen molar-refractivity contribution < 1.29 is 4.79 Å².